The van der Waals surface area contributed by atoms with Crippen molar-refractivity contribution in [3.05, 3.63) is 209 Å². The topological polar surface area (TPSA) is 100 Å². The van der Waals surface area contributed by atoms with Crippen LogP contribution in [0, 0.1) is 0 Å². The molecule has 0 N–H and O–H groups in total. The molecule has 12 rings (SSSR count). The van der Waals surface area contributed by atoms with Crippen molar-refractivity contribution in [3.8, 4) is 39.8 Å². The van der Waals surface area contributed by atoms with Crippen LogP contribution in [0.1, 0.15) is 0 Å². The van der Waals surface area contributed by atoms with Gasteiger partial charge in [-0.05, 0) is 90.0 Å². The van der Waals surface area contributed by atoms with Crippen molar-refractivity contribution in [3.63, 3.8) is 0 Å². The number of para-hydroxylation sites is 6. The molecule has 0 atom stereocenters. The SMILES string of the molecule is O=c1c2ccccc2n(-c2ncc(-c3cc(-c4cnc(-n5c6ccccc6c(=O)c6ccccc65)nc4)cc(-n4c5ccccc5c5ccccc54)c3)cn2)c2ccccc12. The maximum atomic E-state index is 13.5. The van der Waals surface area contributed by atoms with Crippen molar-refractivity contribution >= 4 is 65.4 Å². The molecule has 0 amide bonds. The summed E-state index contributed by atoms with van der Waals surface area (Å²) in [6.45, 7) is 0. The standard InChI is InChI=1S/C52H31N7O2/c60-49-39-15-3-9-21-45(39)58(46-22-10-4-16-40(46)49)51-53-28-34(29-54-51)32-25-33(27-36(26-32)57-43-19-7-1-13-37(43)38-14-2-8-20-44(38)57)35-30-55-52(56-31-35)59-47-23-11-5-17-41(47)50(61)42-18-6-12-24-48(42)59/h1-31H. The quantitative estimate of drug-likeness (QED) is 0.161. The molecule has 9 heteroatoms. The third-order valence-electron chi connectivity index (χ3n) is 11.7. The summed E-state index contributed by atoms with van der Waals surface area (Å²) >= 11 is 0. The minimum absolute atomic E-state index is 0.0221. The van der Waals surface area contributed by atoms with Crippen molar-refractivity contribution in [1.29, 1.82) is 0 Å². The number of rotatable bonds is 5. The number of benzene rings is 7. The van der Waals surface area contributed by atoms with E-state index in [-0.39, 0.29) is 10.9 Å². The van der Waals surface area contributed by atoms with E-state index in [1.54, 1.807) is 0 Å². The third-order valence-corrected chi connectivity index (χ3v) is 11.7. The Bertz CT molecular complexity index is 3500. The molecule has 0 unspecified atom stereocenters. The highest BCUT2D eigenvalue weighted by Crippen LogP contribution is 2.36. The van der Waals surface area contributed by atoms with Gasteiger partial charge in [-0.1, -0.05) is 84.9 Å². The lowest BCUT2D eigenvalue weighted by Crippen LogP contribution is -2.12. The zero-order valence-corrected chi connectivity index (χ0v) is 32.3. The Labute approximate surface area is 346 Å². The molecule has 0 saturated heterocycles. The predicted octanol–water partition coefficient (Wildman–Crippen LogP) is 10.6. The molecule has 5 heterocycles. The molecule has 0 saturated carbocycles. The molecule has 0 bridgehead atoms. The van der Waals surface area contributed by atoms with E-state index >= 15 is 0 Å². The van der Waals surface area contributed by atoms with Crippen molar-refractivity contribution in [2.75, 3.05) is 0 Å². The van der Waals surface area contributed by atoms with Crippen molar-refractivity contribution < 1.29 is 0 Å². The highest BCUT2D eigenvalue weighted by Gasteiger charge is 2.18. The Morgan fingerprint density at radius 3 is 0.902 bits per heavy atom. The first-order chi connectivity index (χ1) is 30.1. The fourth-order valence-corrected chi connectivity index (χ4v) is 8.87. The molecule has 0 spiro atoms. The number of pyridine rings is 2. The van der Waals surface area contributed by atoms with Crippen LogP contribution in [-0.4, -0.2) is 33.6 Å². The molecule has 0 aliphatic rings. The summed E-state index contributed by atoms with van der Waals surface area (Å²) in [5.74, 6) is 0.919. The van der Waals surface area contributed by atoms with Crippen LogP contribution >= 0.6 is 0 Å². The minimum Gasteiger partial charge on any atom is -0.309 e. The summed E-state index contributed by atoms with van der Waals surface area (Å²) in [5, 5.41) is 4.74. The van der Waals surface area contributed by atoms with Crippen LogP contribution in [0.4, 0.5) is 0 Å². The molecular weight excluding hydrogens is 755 g/mol. The van der Waals surface area contributed by atoms with Gasteiger partial charge < -0.3 is 4.57 Å². The Morgan fingerprint density at radius 1 is 0.295 bits per heavy atom. The maximum absolute atomic E-state index is 13.5. The smallest absolute Gasteiger partial charge is 0.234 e. The molecule has 5 aromatic heterocycles. The first kappa shape index (κ1) is 34.5. The van der Waals surface area contributed by atoms with Crippen molar-refractivity contribution in [2.45, 2.75) is 0 Å². The Hall–Kier alpha value is -8.56. The normalized spacial score (nSPS) is 11.7. The van der Waals surface area contributed by atoms with Gasteiger partial charge in [-0.2, -0.15) is 0 Å². The van der Waals surface area contributed by atoms with Crippen LogP contribution in [0.5, 0.6) is 0 Å². The molecule has 12 aromatic rings. The van der Waals surface area contributed by atoms with E-state index in [4.69, 9.17) is 19.9 Å². The second kappa shape index (κ2) is 13.5. The Balaban J connectivity index is 1.04. The van der Waals surface area contributed by atoms with Crippen LogP contribution in [0.2, 0.25) is 0 Å². The van der Waals surface area contributed by atoms with Gasteiger partial charge in [-0.25, -0.2) is 19.9 Å². The highest BCUT2D eigenvalue weighted by atomic mass is 16.1. The molecule has 0 aliphatic heterocycles. The number of aromatic nitrogens is 7. The summed E-state index contributed by atoms with van der Waals surface area (Å²) in [6, 6.07) is 53.6. The number of hydrogen-bond donors (Lipinski definition) is 0. The zero-order valence-electron chi connectivity index (χ0n) is 32.3. The second-order valence-corrected chi connectivity index (χ2v) is 15.1. The molecule has 61 heavy (non-hydrogen) atoms. The molecular formula is C52H31N7O2. The Kier molecular flexibility index (Phi) is 7.63. The summed E-state index contributed by atoms with van der Waals surface area (Å²) < 4.78 is 6.19. The van der Waals surface area contributed by atoms with Gasteiger partial charge >= 0.3 is 0 Å². The van der Waals surface area contributed by atoms with Gasteiger partial charge in [0, 0.05) is 73.9 Å². The average Bonchev–Trinajstić information content (AvgIpc) is 3.67. The lowest BCUT2D eigenvalue weighted by Gasteiger charge is -2.16. The molecule has 7 aromatic carbocycles. The van der Waals surface area contributed by atoms with E-state index < -0.39 is 0 Å². The van der Waals surface area contributed by atoms with Gasteiger partial charge in [-0.3, -0.25) is 18.7 Å². The van der Waals surface area contributed by atoms with Gasteiger partial charge in [0.05, 0.1) is 33.1 Å². The number of fused-ring (bicyclic) bond motifs is 7. The van der Waals surface area contributed by atoms with E-state index in [0.717, 1.165) is 71.8 Å². The van der Waals surface area contributed by atoms with Gasteiger partial charge in [0.2, 0.25) is 11.9 Å². The largest absolute Gasteiger partial charge is 0.309 e. The van der Waals surface area contributed by atoms with Crippen molar-refractivity contribution in [1.82, 2.24) is 33.6 Å². The van der Waals surface area contributed by atoms with Crippen LogP contribution < -0.4 is 10.9 Å². The fraction of sp³-hybridized carbons (Fsp3) is 0. The van der Waals surface area contributed by atoms with E-state index in [1.165, 1.54) is 0 Å². The zero-order chi connectivity index (χ0) is 40.6. The summed E-state index contributed by atoms with van der Waals surface area (Å²) in [7, 11) is 0. The van der Waals surface area contributed by atoms with Crippen LogP contribution in [0.25, 0.3) is 105 Å². The summed E-state index contributed by atoms with van der Waals surface area (Å²) in [6.07, 6.45) is 7.35. The van der Waals surface area contributed by atoms with Gasteiger partial charge in [0.1, 0.15) is 0 Å². The Morgan fingerprint density at radius 2 is 0.574 bits per heavy atom. The first-order valence-electron chi connectivity index (χ1n) is 19.9. The molecule has 0 radical (unpaired) electrons. The van der Waals surface area contributed by atoms with E-state index in [1.807, 2.05) is 131 Å². The second-order valence-electron chi connectivity index (χ2n) is 15.1. The predicted molar refractivity (Wildman–Crippen MR) is 244 cm³/mol. The monoisotopic (exact) mass is 785 g/mol. The fourth-order valence-electron chi connectivity index (χ4n) is 8.87. The first-order valence-corrected chi connectivity index (χ1v) is 19.9. The van der Waals surface area contributed by atoms with Crippen LogP contribution in [0.15, 0.2) is 198 Å². The average molecular weight is 786 g/mol. The van der Waals surface area contributed by atoms with Gasteiger partial charge in [-0.15, -0.1) is 0 Å². The van der Waals surface area contributed by atoms with E-state index in [0.29, 0.717) is 33.4 Å². The summed E-state index contributed by atoms with van der Waals surface area (Å²) in [5.41, 5.74) is 9.44. The lowest BCUT2D eigenvalue weighted by molar-refractivity contribution is 0.983. The molecule has 0 fully saturated rings. The molecule has 286 valence electrons. The number of hydrogen-bond acceptors (Lipinski definition) is 6. The van der Waals surface area contributed by atoms with E-state index in [9.17, 15) is 9.59 Å². The minimum atomic E-state index is -0.0221. The van der Waals surface area contributed by atoms with E-state index in [2.05, 4.69) is 71.3 Å². The highest BCUT2D eigenvalue weighted by molar-refractivity contribution is 6.09. The maximum Gasteiger partial charge on any atom is 0.234 e. The molecule has 0 aliphatic carbocycles. The summed E-state index contributed by atoms with van der Waals surface area (Å²) in [4.78, 5) is 46.7. The number of nitrogens with zero attached hydrogens (tertiary/aromatic N) is 7. The third kappa shape index (κ3) is 5.34. The van der Waals surface area contributed by atoms with Crippen LogP contribution in [-0.2, 0) is 0 Å². The van der Waals surface area contributed by atoms with Crippen molar-refractivity contribution in [2.24, 2.45) is 0 Å². The van der Waals surface area contributed by atoms with Gasteiger partial charge in [0.25, 0.3) is 0 Å². The lowest BCUT2D eigenvalue weighted by atomic mass is 10.0. The van der Waals surface area contributed by atoms with Crippen LogP contribution in [0.3, 0.4) is 0 Å². The molecule has 9 nitrogen and oxygen atoms in total. The van der Waals surface area contributed by atoms with Gasteiger partial charge in [0.15, 0.2) is 10.9 Å².